The number of carbonyl (C=O) groups excluding carboxylic acids is 1. The molecule has 0 saturated carbocycles. The van der Waals surface area contributed by atoms with Crippen LogP contribution in [0.1, 0.15) is 22.0 Å². The van der Waals surface area contributed by atoms with Crippen LogP contribution >= 0.6 is 0 Å². The van der Waals surface area contributed by atoms with Gasteiger partial charge in [-0.2, -0.15) is 0 Å². The molecule has 2 atom stereocenters. The number of aromatic amines is 1. The first-order chi connectivity index (χ1) is 10.8. The molecule has 4 nitrogen and oxygen atoms in total. The van der Waals surface area contributed by atoms with Crippen molar-refractivity contribution in [2.24, 2.45) is 0 Å². The van der Waals surface area contributed by atoms with Crippen molar-refractivity contribution in [3.63, 3.8) is 0 Å². The van der Waals surface area contributed by atoms with Gasteiger partial charge in [-0.15, -0.1) is 0 Å². The van der Waals surface area contributed by atoms with Gasteiger partial charge < -0.3 is 14.5 Å². The smallest absolute Gasteiger partial charge is 0.196 e. The number of carbonyl (C=O) groups is 1. The summed E-state index contributed by atoms with van der Waals surface area (Å²) < 4.78 is 10.7. The number of para-hydroxylation sites is 1. The minimum absolute atomic E-state index is 0.0262. The molecule has 0 unspecified atom stereocenters. The van der Waals surface area contributed by atoms with E-state index in [2.05, 4.69) is 4.98 Å². The number of hydrogen-bond acceptors (Lipinski definition) is 3. The van der Waals surface area contributed by atoms with Crippen molar-refractivity contribution in [1.82, 2.24) is 4.98 Å². The van der Waals surface area contributed by atoms with Crippen LogP contribution in [0.15, 0.2) is 54.7 Å². The highest BCUT2D eigenvalue weighted by molar-refractivity contribution is 6.11. The lowest BCUT2D eigenvalue weighted by molar-refractivity contribution is 0.0955. The number of hydrogen-bond donors (Lipinski definition) is 1. The number of aromatic nitrogens is 1. The second-order valence-electron chi connectivity index (χ2n) is 5.36. The average Bonchev–Trinajstić information content (AvgIpc) is 3.26. The van der Waals surface area contributed by atoms with Gasteiger partial charge in [-0.25, -0.2) is 0 Å². The lowest BCUT2D eigenvalue weighted by Crippen LogP contribution is -2.07. The lowest BCUT2D eigenvalue weighted by Gasteiger charge is -2.00. The summed E-state index contributed by atoms with van der Waals surface area (Å²) in [6.45, 7) is 0. The Kier molecular flexibility index (Phi) is 2.98. The normalized spacial score (nSPS) is 20.0. The third-order valence-corrected chi connectivity index (χ3v) is 4.05. The fourth-order valence-corrected chi connectivity index (χ4v) is 2.79. The molecule has 4 rings (SSSR count). The zero-order chi connectivity index (χ0) is 15.1. The molecule has 1 N–H and O–H groups in total. The Labute approximate surface area is 127 Å². The predicted molar refractivity (Wildman–Crippen MR) is 83.2 cm³/mol. The molecular formula is C18H15NO3. The van der Waals surface area contributed by atoms with Crippen LogP contribution in [0.5, 0.6) is 5.75 Å². The molecule has 2 aromatic carbocycles. The van der Waals surface area contributed by atoms with Crippen LogP contribution in [0, 0.1) is 0 Å². The molecule has 3 aromatic rings. The van der Waals surface area contributed by atoms with E-state index >= 15 is 0 Å². The summed E-state index contributed by atoms with van der Waals surface area (Å²) in [4.78, 5) is 15.7. The Morgan fingerprint density at radius 1 is 1.14 bits per heavy atom. The van der Waals surface area contributed by atoms with E-state index in [0.29, 0.717) is 5.56 Å². The van der Waals surface area contributed by atoms with Gasteiger partial charge in [0.25, 0.3) is 0 Å². The van der Waals surface area contributed by atoms with E-state index in [1.54, 1.807) is 13.3 Å². The minimum atomic E-state index is -0.396. The number of rotatable bonds is 4. The summed E-state index contributed by atoms with van der Waals surface area (Å²) in [7, 11) is 1.63. The fourth-order valence-electron chi connectivity index (χ4n) is 2.79. The average molecular weight is 293 g/mol. The highest BCUT2D eigenvalue weighted by atomic mass is 16.6. The third kappa shape index (κ3) is 2.09. The van der Waals surface area contributed by atoms with Crippen LogP contribution in [0.25, 0.3) is 10.9 Å². The van der Waals surface area contributed by atoms with Gasteiger partial charge in [0.15, 0.2) is 11.9 Å². The van der Waals surface area contributed by atoms with E-state index in [4.69, 9.17) is 9.47 Å². The molecule has 1 aliphatic heterocycles. The van der Waals surface area contributed by atoms with Gasteiger partial charge in [0, 0.05) is 22.7 Å². The second kappa shape index (κ2) is 5.00. The summed E-state index contributed by atoms with van der Waals surface area (Å²) in [5, 5.41) is 0.941. The monoisotopic (exact) mass is 293 g/mol. The van der Waals surface area contributed by atoms with Gasteiger partial charge in [-0.1, -0.05) is 30.3 Å². The van der Waals surface area contributed by atoms with Crippen molar-refractivity contribution in [2.75, 3.05) is 7.11 Å². The SMILES string of the molecule is COc1ccc([C@@H]2O[C@H]2C(=O)c2c[nH]c3ccccc23)cc1. The summed E-state index contributed by atoms with van der Waals surface area (Å²) >= 11 is 0. The minimum Gasteiger partial charge on any atom is -0.497 e. The van der Waals surface area contributed by atoms with E-state index in [1.165, 1.54) is 0 Å². The topological polar surface area (TPSA) is 54.6 Å². The first-order valence-corrected chi connectivity index (χ1v) is 7.17. The van der Waals surface area contributed by atoms with Crippen LogP contribution in [-0.2, 0) is 4.74 Å². The predicted octanol–water partition coefficient (Wildman–Crippen LogP) is 3.50. The largest absolute Gasteiger partial charge is 0.497 e. The number of epoxide rings is 1. The van der Waals surface area contributed by atoms with Crippen molar-refractivity contribution in [3.05, 3.63) is 65.9 Å². The number of methoxy groups -OCH3 is 1. The van der Waals surface area contributed by atoms with Crippen LogP contribution in [0.2, 0.25) is 0 Å². The molecule has 0 aliphatic carbocycles. The standard InChI is InChI=1S/C18H15NO3/c1-21-12-8-6-11(7-9-12)17-18(22-17)16(20)14-10-19-15-5-3-2-4-13(14)15/h2-10,17-19H,1H3/t17-,18-/m0/s1. The molecule has 0 radical (unpaired) electrons. The molecule has 0 spiro atoms. The van der Waals surface area contributed by atoms with Gasteiger partial charge in [-0.05, 0) is 23.8 Å². The zero-order valence-electron chi connectivity index (χ0n) is 12.1. The molecule has 4 heteroatoms. The Bertz CT molecular complexity index is 835. The number of nitrogens with one attached hydrogen (secondary N) is 1. The Balaban J connectivity index is 1.57. The van der Waals surface area contributed by atoms with Crippen LogP contribution in [-0.4, -0.2) is 24.0 Å². The van der Waals surface area contributed by atoms with E-state index in [9.17, 15) is 4.79 Å². The second-order valence-corrected chi connectivity index (χ2v) is 5.36. The fraction of sp³-hybridized carbons (Fsp3) is 0.167. The molecule has 1 saturated heterocycles. The van der Waals surface area contributed by atoms with E-state index in [0.717, 1.165) is 22.2 Å². The van der Waals surface area contributed by atoms with Crippen molar-refractivity contribution in [1.29, 1.82) is 0 Å². The Morgan fingerprint density at radius 3 is 2.68 bits per heavy atom. The molecule has 2 heterocycles. The quantitative estimate of drug-likeness (QED) is 0.591. The number of ketones is 1. The zero-order valence-corrected chi connectivity index (χ0v) is 12.1. The van der Waals surface area contributed by atoms with Crippen LogP contribution in [0.3, 0.4) is 0 Å². The molecular weight excluding hydrogens is 278 g/mol. The third-order valence-electron chi connectivity index (χ3n) is 4.05. The maximum absolute atomic E-state index is 12.6. The molecule has 0 bridgehead atoms. The number of H-pyrrole nitrogens is 1. The van der Waals surface area contributed by atoms with Crippen molar-refractivity contribution in [2.45, 2.75) is 12.2 Å². The molecule has 1 fully saturated rings. The lowest BCUT2D eigenvalue weighted by atomic mass is 10.0. The van der Waals surface area contributed by atoms with Crippen molar-refractivity contribution >= 4 is 16.7 Å². The first-order valence-electron chi connectivity index (χ1n) is 7.17. The molecule has 1 aromatic heterocycles. The van der Waals surface area contributed by atoms with Gasteiger partial charge in [-0.3, -0.25) is 4.79 Å². The highest BCUT2D eigenvalue weighted by Gasteiger charge is 2.46. The van der Waals surface area contributed by atoms with E-state index in [-0.39, 0.29) is 11.9 Å². The molecule has 1 aliphatic rings. The summed E-state index contributed by atoms with van der Waals surface area (Å²) in [5.74, 6) is 0.821. The van der Waals surface area contributed by atoms with E-state index < -0.39 is 6.10 Å². The first kappa shape index (κ1) is 13.1. The highest BCUT2D eigenvalue weighted by Crippen LogP contribution is 2.41. The van der Waals surface area contributed by atoms with Gasteiger partial charge in [0.05, 0.1) is 7.11 Å². The summed E-state index contributed by atoms with van der Waals surface area (Å²) in [5.41, 5.74) is 2.66. The van der Waals surface area contributed by atoms with Crippen molar-refractivity contribution < 1.29 is 14.3 Å². The number of ether oxygens (including phenoxy) is 2. The molecule has 22 heavy (non-hydrogen) atoms. The molecule has 110 valence electrons. The van der Waals surface area contributed by atoms with Crippen LogP contribution < -0.4 is 4.74 Å². The maximum Gasteiger partial charge on any atom is 0.196 e. The summed E-state index contributed by atoms with van der Waals surface area (Å²) in [6.07, 6.45) is 1.21. The van der Waals surface area contributed by atoms with Crippen LogP contribution in [0.4, 0.5) is 0 Å². The molecule has 0 amide bonds. The Hall–Kier alpha value is -2.59. The number of benzene rings is 2. The van der Waals surface area contributed by atoms with E-state index in [1.807, 2.05) is 48.5 Å². The van der Waals surface area contributed by atoms with Gasteiger partial charge >= 0.3 is 0 Å². The number of Topliss-reactive ketones (excluding diaryl/α,β-unsaturated/α-hetero) is 1. The maximum atomic E-state index is 12.6. The Morgan fingerprint density at radius 2 is 1.91 bits per heavy atom. The number of fused-ring (bicyclic) bond motifs is 1. The summed E-state index contributed by atoms with van der Waals surface area (Å²) in [6, 6.07) is 15.4. The van der Waals surface area contributed by atoms with Gasteiger partial charge in [0.2, 0.25) is 0 Å². The van der Waals surface area contributed by atoms with Gasteiger partial charge in [0.1, 0.15) is 11.9 Å². The van der Waals surface area contributed by atoms with Crippen molar-refractivity contribution in [3.8, 4) is 5.75 Å².